The van der Waals surface area contributed by atoms with Crippen LogP contribution in [0.1, 0.15) is 40.6 Å². The first kappa shape index (κ1) is 15.4. The van der Waals surface area contributed by atoms with Crippen LogP contribution in [0.25, 0.3) is 6.08 Å². The molecule has 0 saturated heterocycles. The van der Waals surface area contributed by atoms with Gasteiger partial charge in [-0.3, -0.25) is 4.79 Å². The molecule has 1 amide bonds. The Kier molecular flexibility index (Phi) is 4.26. The third kappa shape index (κ3) is 3.66. The lowest BCUT2D eigenvalue weighted by atomic mass is 10.1. The van der Waals surface area contributed by atoms with Gasteiger partial charge in [-0.05, 0) is 44.4 Å². The smallest absolute Gasteiger partial charge is 0.266 e. The summed E-state index contributed by atoms with van der Waals surface area (Å²) in [5.41, 5.74) is 3.58. The van der Waals surface area contributed by atoms with Gasteiger partial charge in [0, 0.05) is 17.0 Å². The molecular weight excluding hydrogens is 306 g/mol. The Hall–Kier alpha value is -2.45. The van der Waals surface area contributed by atoms with Crippen LogP contribution in [0.15, 0.2) is 29.2 Å². The predicted octanol–water partition coefficient (Wildman–Crippen LogP) is 4.18. The number of nitrogens with one attached hydrogen (secondary N) is 1. The second kappa shape index (κ2) is 6.35. The van der Waals surface area contributed by atoms with E-state index in [1.807, 2.05) is 43.5 Å². The molecule has 2 aromatic rings. The second-order valence-electron chi connectivity index (χ2n) is 5.83. The Morgan fingerprint density at radius 2 is 2.22 bits per heavy atom. The zero-order valence-corrected chi connectivity index (χ0v) is 13.9. The van der Waals surface area contributed by atoms with Crippen molar-refractivity contribution in [2.45, 2.75) is 32.6 Å². The highest BCUT2D eigenvalue weighted by atomic mass is 32.1. The second-order valence-corrected chi connectivity index (χ2v) is 6.72. The number of rotatable bonds is 4. The highest BCUT2D eigenvalue weighted by Gasteiger charge is 2.26. The summed E-state index contributed by atoms with van der Waals surface area (Å²) in [4.78, 5) is 16.8. The number of anilines is 1. The van der Waals surface area contributed by atoms with Crippen LogP contribution in [0, 0.1) is 25.2 Å². The van der Waals surface area contributed by atoms with Crippen molar-refractivity contribution in [1.29, 1.82) is 5.26 Å². The molecule has 0 bridgehead atoms. The first-order chi connectivity index (χ1) is 11.1. The molecule has 23 heavy (non-hydrogen) atoms. The summed E-state index contributed by atoms with van der Waals surface area (Å²) in [6.45, 7) is 3.93. The minimum Gasteiger partial charge on any atom is -0.321 e. The van der Waals surface area contributed by atoms with Crippen molar-refractivity contribution in [3.05, 3.63) is 51.0 Å². The fraction of sp³-hybridized carbons (Fsp3) is 0.278. The van der Waals surface area contributed by atoms with Gasteiger partial charge < -0.3 is 5.32 Å². The fourth-order valence-corrected chi connectivity index (χ4v) is 3.27. The molecule has 1 heterocycles. The largest absolute Gasteiger partial charge is 0.321 e. The third-order valence-electron chi connectivity index (χ3n) is 3.75. The van der Waals surface area contributed by atoms with Crippen LogP contribution in [0.2, 0.25) is 0 Å². The van der Waals surface area contributed by atoms with Crippen molar-refractivity contribution in [3.63, 3.8) is 0 Å². The Balaban J connectivity index is 1.77. The number of benzene rings is 1. The average molecular weight is 323 g/mol. The van der Waals surface area contributed by atoms with Crippen LogP contribution in [-0.2, 0) is 4.79 Å². The van der Waals surface area contributed by atoms with Crippen molar-refractivity contribution < 1.29 is 4.79 Å². The van der Waals surface area contributed by atoms with Gasteiger partial charge in [-0.2, -0.15) is 5.26 Å². The monoisotopic (exact) mass is 323 g/mol. The average Bonchev–Trinajstić information content (AvgIpc) is 3.27. The summed E-state index contributed by atoms with van der Waals surface area (Å²) < 4.78 is 0. The van der Waals surface area contributed by atoms with Crippen LogP contribution in [0.5, 0.6) is 0 Å². The maximum Gasteiger partial charge on any atom is 0.266 e. The van der Waals surface area contributed by atoms with E-state index in [0.717, 1.165) is 21.8 Å². The third-order valence-corrected chi connectivity index (χ3v) is 4.78. The molecule has 0 radical (unpaired) electrons. The number of hydrogen-bond acceptors (Lipinski definition) is 4. The number of aryl methyl sites for hydroxylation is 2. The van der Waals surface area contributed by atoms with Crippen LogP contribution >= 0.6 is 11.3 Å². The van der Waals surface area contributed by atoms with Crippen LogP contribution in [-0.4, -0.2) is 10.9 Å². The van der Waals surface area contributed by atoms with Crippen molar-refractivity contribution in [3.8, 4) is 6.07 Å². The van der Waals surface area contributed by atoms with Crippen LogP contribution in [0.3, 0.4) is 0 Å². The lowest BCUT2D eigenvalue weighted by Gasteiger charge is -2.08. The number of aromatic nitrogens is 1. The number of amides is 1. The zero-order valence-electron chi connectivity index (χ0n) is 13.1. The summed E-state index contributed by atoms with van der Waals surface area (Å²) >= 11 is 1.60. The molecule has 4 nitrogen and oxygen atoms in total. The van der Waals surface area contributed by atoms with Gasteiger partial charge in [0.2, 0.25) is 0 Å². The van der Waals surface area contributed by atoms with E-state index < -0.39 is 5.91 Å². The van der Waals surface area contributed by atoms with E-state index in [1.165, 1.54) is 12.8 Å². The Morgan fingerprint density at radius 1 is 1.43 bits per heavy atom. The number of carbonyl (C=O) groups excluding carboxylic acids is 1. The van der Waals surface area contributed by atoms with Crippen molar-refractivity contribution in [1.82, 2.24) is 4.98 Å². The molecule has 116 valence electrons. The minimum atomic E-state index is -0.402. The van der Waals surface area contributed by atoms with E-state index in [9.17, 15) is 10.1 Å². The summed E-state index contributed by atoms with van der Waals surface area (Å²) in [5, 5.41) is 15.1. The van der Waals surface area contributed by atoms with E-state index in [-0.39, 0.29) is 5.57 Å². The molecule has 5 heteroatoms. The first-order valence-electron chi connectivity index (χ1n) is 7.52. The minimum absolute atomic E-state index is 0.0672. The lowest BCUT2D eigenvalue weighted by Crippen LogP contribution is -2.14. The fourth-order valence-electron chi connectivity index (χ4n) is 2.32. The first-order valence-corrected chi connectivity index (χ1v) is 8.40. The number of thiazole rings is 1. The molecule has 1 saturated carbocycles. The van der Waals surface area contributed by atoms with Crippen molar-refractivity contribution >= 4 is 29.0 Å². The molecule has 1 aromatic carbocycles. The Bertz CT molecular complexity index is 825. The number of nitriles is 1. The van der Waals surface area contributed by atoms with Gasteiger partial charge in [0.05, 0.1) is 10.7 Å². The topological polar surface area (TPSA) is 65.8 Å². The quantitative estimate of drug-likeness (QED) is 0.678. The maximum atomic E-state index is 12.3. The zero-order chi connectivity index (χ0) is 16.4. The van der Waals surface area contributed by atoms with E-state index in [2.05, 4.69) is 10.3 Å². The molecule has 3 rings (SSSR count). The van der Waals surface area contributed by atoms with Crippen LogP contribution in [0.4, 0.5) is 5.69 Å². The maximum absolute atomic E-state index is 12.3. The van der Waals surface area contributed by atoms with Gasteiger partial charge in [-0.1, -0.05) is 17.7 Å². The van der Waals surface area contributed by atoms with Gasteiger partial charge in [0.15, 0.2) is 0 Å². The SMILES string of the molecule is Cc1ccc(NC(=O)/C(C#N)=C\c2csc(C3CC3)n2)c(C)c1. The summed E-state index contributed by atoms with van der Waals surface area (Å²) in [7, 11) is 0. The highest BCUT2D eigenvalue weighted by Crippen LogP contribution is 2.41. The molecule has 0 spiro atoms. The Labute approximate surface area is 139 Å². The standard InChI is InChI=1S/C18H17N3OS/c1-11-3-6-16(12(2)7-11)21-17(22)14(9-19)8-15-10-23-18(20-15)13-4-5-13/h3,6-8,10,13H,4-5H2,1-2H3,(H,21,22)/b14-8-. The summed E-state index contributed by atoms with van der Waals surface area (Å²) in [6.07, 6.45) is 3.94. The number of nitrogens with zero attached hydrogens (tertiary/aromatic N) is 2. The Morgan fingerprint density at radius 3 is 2.87 bits per heavy atom. The van der Waals surface area contributed by atoms with E-state index in [4.69, 9.17) is 0 Å². The van der Waals surface area contributed by atoms with E-state index in [1.54, 1.807) is 17.4 Å². The summed E-state index contributed by atoms with van der Waals surface area (Å²) in [6, 6.07) is 7.75. The predicted molar refractivity (Wildman–Crippen MR) is 92.2 cm³/mol. The molecule has 0 atom stereocenters. The molecule has 1 fully saturated rings. The molecule has 1 aliphatic rings. The van der Waals surface area contributed by atoms with Gasteiger partial charge in [-0.25, -0.2) is 4.98 Å². The number of hydrogen-bond donors (Lipinski definition) is 1. The normalized spacial score (nSPS) is 14.4. The molecular formula is C18H17N3OS. The molecule has 1 N–H and O–H groups in total. The van der Waals surface area contributed by atoms with E-state index in [0.29, 0.717) is 11.6 Å². The van der Waals surface area contributed by atoms with Gasteiger partial charge in [-0.15, -0.1) is 11.3 Å². The molecule has 0 aliphatic heterocycles. The van der Waals surface area contributed by atoms with Crippen molar-refractivity contribution in [2.24, 2.45) is 0 Å². The van der Waals surface area contributed by atoms with Gasteiger partial charge in [0.25, 0.3) is 5.91 Å². The van der Waals surface area contributed by atoms with E-state index >= 15 is 0 Å². The highest BCUT2D eigenvalue weighted by molar-refractivity contribution is 7.09. The molecule has 1 aromatic heterocycles. The van der Waals surface area contributed by atoms with Gasteiger partial charge in [0.1, 0.15) is 11.6 Å². The van der Waals surface area contributed by atoms with Crippen molar-refractivity contribution in [2.75, 3.05) is 5.32 Å². The number of carbonyl (C=O) groups is 1. The van der Waals surface area contributed by atoms with Gasteiger partial charge >= 0.3 is 0 Å². The lowest BCUT2D eigenvalue weighted by molar-refractivity contribution is -0.112. The van der Waals surface area contributed by atoms with Crippen LogP contribution < -0.4 is 5.32 Å². The summed E-state index contributed by atoms with van der Waals surface area (Å²) in [5.74, 6) is 0.178. The molecule has 1 aliphatic carbocycles. The molecule has 0 unspecified atom stereocenters.